The number of nitrogens with zero attached hydrogens (tertiary/aromatic N) is 1. The Hall–Kier alpha value is -1.62. The second kappa shape index (κ2) is 6.35. The SMILES string of the molecule is CCNC(=O)c1cc(NCC2CCNC2)ccn1. The molecule has 5 heteroatoms. The molecule has 5 nitrogen and oxygen atoms in total. The molecule has 0 spiro atoms. The van der Waals surface area contributed by atoms with Crippen molar-refractivity contribution in [1.29, 1.82) is 0 Å². The summed E-state index contributed by atoms with van der Waals surface area (Å²) in [4.78, 5) is 15.7. The molecule has 1 saturated heterocycles. The van der Waals surface area contributed by atoms with Crippen molar-refractivity contribution in [2.75, 3.05) is 31.5 Å². The quantitative estimate of drug-likeness (QED) is 0.723. The zero-order valence-electron chi connectivity index (χ0n) is 10.7. The number of carbonyl (C=O) groups is 1. The lowest BCUT2D eigenvalue weighted by Gasteiger charge is -2.11. The van der Waals surface area contributed by atoms with Crippen molar-refractivity contribution in [3.63, 3.8) is 0 Å². The van der Waals surface area contributed by atoms with Crippen LogP contribution < -0.4 is 16.0 Å². The lowest BCUT2D eigenvalue weighted by molar-refractivity contribution is 0.0951. The third-order valence-corrected chi connectivity index (χ3v) is 3.09. The van der Waals surface area contributed by atoms with Crippen LogP contribution in [0.3, 0.4) is 0 Å². The summed E-state index contributed by atoms with van der Waals surface area (Å²) in [6.07, 6.45) is 2.88. The number of anilines is 1. The molecule has 0 bridgehead atoms. The highest BCUT2D eigenvalue weighted by atomic mass is 16.1. The van der Waals surface area contributed by atoms with Crippen LogP contribution in [-0.4, -0.2) is 37.1 Å². The third-order valence-electron chi connectivity index (χ3n) is 3.09. The number of rotatable bonds is 5. The first-order valence-corrected chi connectivity index (χ1v) is 6.48. The van der Waals surface area contributed by atoms with Gasteiger partial charge in [-0.2, -0.15) is 0 Å². The minimum Gasteiger partial charge on any atom is -0.385 e. The minimum absolute atomic E-state index is 0.122. The number of amides is 1. The van der Waals surface area contributed by atoms with Crippen LogP contribution in [-0.2, 0) is 0 Å². The molecule has 2 rings (SSSR count). The van der Waals surface area contributed by atoms with Crippen molar-refractivity contribution in [3.8, 4) is 0 Å². The van der Waals surface area contributed by atoms with E-state index in [0.29, 0.717) is 18.2 Å². The van der Waals surface area contributed by atoms with Crippen LogP contribution in [0.2, 0.25) is 0 Å². The molecule has 1 aromatic heterocycles. The summed E-state index contributed by atoms with van der Waals surface area (Å²) in [5.41, 5.74) is 1.42. The van der Waals surface area contributed by atoms with Crippen LogP contribution in [0.1, 0.15) is 23.8 Å². The molecule has 0 aliphatic carbocycles. The van der Waals surface area contributed by atoms with Crippen LogP contribution in [0.5, 0.6) is 0 Å². The van der Waals surface area contributed by atoms with E-state index in [4.69, 9.17) is 0 Å². The van der Waals surface area contributed by atoms with Gasteiger partial charge in [0.2, 0.25) is 0 Å². The Morgan fingerprint density at radius 3 is 3.22 bits per heavy atom. The molecule has 1 aliphatic rings. The van der Waals surface area contributed by atoms with E-state index in [-0.39, 0.29) is 5.91 Å². The van der Waals surface area contributed by atoms with Crippen LogP contribution in [0, 0.1) is 5.92 Å². The fourth-order valence-electron chi connectivity index (χ4n) is 2.07. The summed E-state index contributed by atoms with van der Waals surface area (Å²) in [5, 5.41) is 9.45. The topological polar surface area (TPSA) is 66.1 Å². The maximum Gasteiger partial charge on any atom is 0.269 e. The molecule has 1 aliphatic heterocycles. The second-order valence-electron chi connectivity index (χ2n) is 4.53. The predicted octanol–water partition coefficient (Wildman–Crippen LogP) is 0.853. The van der Waals surface area contributed by atoms with E-state index in [1.165, 1.54) is 6.42 Å². The molecule has 0 saturated carbocycles. The van der Waals surface area contributed by atoms with Crippen molar-refractivity contribution in [2.45, 2.75) is 13.3 Å². The highest BCUT2D eigenvalue weighted by molar-refractivity contribution is 5.93. The van der Waals surface area contributed by atoms with Gasteiger partial charge in [0.1, 0.15) is 5.69 Å². The molecule has 18 heavy (non-hydrogen) atoms. The van der Waals surface area contributed by atoms with E-state index in [9.17, 15) is 4.79 Å². The van der Waals surface area contributed by atoms with Crippen LogP contribution >= 0.6 is 0 Å². The maximum absolute atomic E-state index is 11.6. The van der Waals surface area contributed by atoms with E-state index in [1.807, 2.05) is 13.0 Å². The molecule has 2 heterocycles. The number of pyridine rings is 1. The highest BCUT2D eigenvalue weighted by Gasteiger charge is 2.14. The van der Waals surface area contributed by atoms with Crippen molar-refractivity contribution < 1.29 is 4.79 Å². The largest absolute Gasteiger partial charge is 0.385 e. The Morgan fingerprint density at radius 1 is 1.61 bits per heavy atom. The van der Waals surface area contributed by atoms with Crippen LogP contribution in [0.4, 0.5) is 5.69 Å². The van der Waals surface area contributed by atoms with Gasteiger partial charge in [-0.1, -0.05) is 0 Å². The molecule has 3 N–H and O–H groups in total. The fraction of sp³-hybridized carbons (Fsp3) is 0.538. The van der Waals surface area contributed by atoms with E-state index in [1.54, 1.807) is 12.3 Å². The summed E-state index contributed by atoms with van der Waals surface area (Å²) >= 11 is 0. The van der Waals surface area contributed by atoms with E-state index >= 15 is 0 Å². The molecule has 1 unspecified atom stereocenters. The first-order chi connectivity index (χ1) is 8.79. The molecule has 1 fully saturated rings. The Balaban J connectivity index is 1.91. The minimum atomic E-state index is -0.122. The third kappa shape index (κ3) is 3.43. The highest BCUT2D eigenvalue weighted by Crippen LogP contribution is 2.12. The standard InChI is InChI=1S/C13H20N4O/c1-2-15-13(18)12-7-11(4-6-16-12)17-9-10-3-5-14-8-10/h4,6-7,10,14H,2-3,5,8-9H2,1H3,(H,15,18)(H,16,17). The van der Waals surface area contributed by atoms with Gasteiger partial charge in [0, 0.05) is 25.0 Å². The van der Waals surface area contributed by atoms with Gasteiger partial charge in [-0.15, -0.1) is 0 Å². The number of carbonyl (C=O) groups excluding carboxylic acids is 1. The Bertz CT molecular complexity index is 402. The molecule has 1 amide bonds. The number of aromatic nitrogens is 1. The average Bonchev–Trinajstić information content (AvgIpc) is 2.90. The molecular formula is C13H20N4O. The van der Waals surface area contributed by atoms with Crippen molar-refractivity contribution in [3.05, 3.63) is 24.0 Å². The predicted molar refractivity (Wildman–Crippen MR) is 71.7 cm³/mol. The summed E-state index contributed by atoms with van der Waals surface area (Å²) in [7, 11) is 0. The Labute approximate surface area is 107 Å². The van der Waals surface area contributed by atoms with Crippen LogP contribution in [0.15, 0.2) is 18.3 Å². The first-order valence-electron chi connectivity index (χ1n) is 6.48. The Morgan fingerprint density at radius 2 is 2.50 bits per heavy atom. The average molecular weight is 248 g/mol. The van der Waals surface area contributed by atoms with Crippen molar-refractivity contribution in [1.82, 2.24) is 15.6 Å². The van der Waals surface area contributed by atoms with Crippen LogP contribution in [0.25, 0.3) is 0 Å². The summed E-state index contributed by atoms with van der Waals surface area (Å²) in [6.45, 7) is 5.62. The lowest BCUT2D eigenvalue weighted by atomic mass is 10.1. The van der Waals surface area contributed by atoms with Gasteiger partial charge < -0.3 is 16.0 Å². The normalized spacial score (nSPS) is 18.6. The molecule has 98 valence electrons. The molecular weight excluding hydrogens is 228 g/mol. The van der Waals surface area contributed by atoms with Gasteiger partial charge in [0.25, 0.3) is 5.91 Å². The number of hydrogen-bond donors (Lipinski definition) is 3. The number of nitrogens with one attached hydrogen (secondary N) is 3. The smallest absolute Gasteiger partial charge is 0.269 e. The molecule has 0 aromatic carbocycles. The molecule has 1 atom stereocenters. The summed E-state index contributed by atoms with van der Waals surface area (Å²) < 4.78 is 0. The fourth-order valence-corrected chi connectivity index (χ4v) is 2.07. The van der Waals surface area contributed by atoms with Gasteiger partial charge in [0.05, 0.1) is 0 Å². The summed E-state index contributed by atoms with van der Waals surface area (Å²) in [5.74, 6) is 0.551. The first kappa shape index (κ1) is 12.8. The van der Waals surface area contributed by atoms with Gasteiger partial charge in [0.15, 0.2) is 0 Å². The maximum atomic E-state index is 11.6. The molecule has 0 radical (unpaired) electrons. The zero-order valence-corrected chi connectivity index (χ0v) is 10.7. The monoisotopic (exact) mass is 248 g/mol. The molecule has 1 aromatic rings. The van der Waals surface area contributed by atoms with Crippen molar-refractivity contribution >= 4 is 11.6 Å². The van der Waals surface area contributed by atoms with Crippen molar-refractivity contribution in [2.24, 2.45) is 5.92 Å². The Kier molecular flexibility index (Phi) is 4.52. The number of hydrogen-bond acceptors (Lipinski definition) is 4. The zero-order chi connectivity index (χ0) is 12.8. The van der Waals surface area contributed by atoms with E-state index < -0.39 is 0 Å². The van der Waals surface area contributed by atoms with Gasteiger partial charge >= 0.3 is 0 Å². The lowest BCUT2D eigenvalue weighted by Crippen LogP contribution is -2.24. The van der Waals surface area contributed by atoms with Gasteiger partial charge in [-0.25, -0.2) is 0 Å². The van der Waals surface area contributed by atoms with Gasteiger partial charge in [-0.3, -0.25) is 9.78 Å². The van der Waals surface area contributed by atoms with E-state index in [2.05, 4.69) is 20.9 Å². The van der Waals surface area contributed by atoms with E-state index in [0.717, 1.165) is 25.3 Å². The summed E-state index contributed by atoms with van der Waals surface area (Å²) in [6, 6.07) is 3.69. The second-order valence-corrected chi connectivity index (χ2v) is 4.53. The van der Waals surface area contributed by atoms with Gasteiger partial charge in [-0.05, 0) is 44.5 Å².